The van der Waals surface area contributed by atoms with Gasteiger partial charge in [-0.25, -0.2) is 11.4 Å². The molecule has 0 aromatic carbocycles. The van der Waals surface area contributed by atoms with Crippen molar-refractivity contribution in [3.63, 3.8) is 0 Å². The number of carboxylic acid groups (broad SMARTS) is 1. The van der Waals surface area contributed by atoms with Crippen LogP contribution in [-0.2, 0) is 14.3 Å². The van der Waals surface area contributed by atoms with E-state index in [0.717, 1.165) is 11.4 Å². The zero-order chi connectivity index (χ0) is 11.5. The number of ether oxygens (including phenoxy) is 1. The van der Waals surface area contributed by atoms with E-state index in [9.17, 15) is 9.59 Å². The average Bonchev–Trinajstić information content (AvgIpc) is 2.19. The van der Waals surface area contributed by atoms with Gasteiger partial charge in [0.15, 0.2) is 0 Å². The monoisotopic (exact) mass is 232 g/mol. The SMILES string of the molecule is C=CCOC(=O)CC[SH]=CCCC(=O)O. The van der Waals surface area contributed by atoms with Crippen LogP contribution in [0.25, 0.3) is 0 Å². The maximum absolute atomic E-state index is 11.0. The molecule has 86 valence electrons. The van der Waals surface area contributed by atoms with Gasteiger partial charge in [0.1, 0.15) is 6.61 Å². The van der Waals surface area contributed by atoms with Gasteiger partial charge >= 0.3 is 11.9 Å². The Kier molecular flexibility index (Phi) is 8.76. The van der Waals surface area contributed by atoms with Gasteiger partial charge in [0.2, 0.25) is 0 Å². The van der Waals surface area contributed by atoms with E-state index in [2.05, 4.69) is 6.58 Å². The lowest BCUT2D eigenvalue weighted by atomic mass is 10.3. The predicted molar refractivity (Wildman–Crippen MR) is 62.6 cm³/mol. The summed E-state index contributed by atoms with van der Waals surface area (Å²) in [5, 5.41) is 10.2. The number of thiol groups is 1. The van der Waals surface area contributed by atoms with Crippen LogP contribution >= 0.6 is 11.4 Å². The molecule has 5 heteroatoms. The Morgan fingerprint density at radius 1 is 1.40 bits per heavy atom. The van der Waals surface area contributed by atoms with E-state index in [1.807, 2.05) is 5.37 Å². The number of hydrogen-bond donors (Lipinski definition) is 2. The highest BCUT2D eigenvalue weighted by atomic mass is 32.1. The average molecular weight is 232 g/mol. The molecule has 4 nitrogen and oxygen atoms in total. The maximum atomic E-state index is 11.0. The topological polar surface area (TPSA) is 63.6 Å². The molecule has 0 fully saturated rings. The number of hydrogen-bond acceptors (Lipinski definition) is 3. The minimum absolute atomic E-state index is 0.147. The lowest BCUT2D eigenvalue weighted by molar-refractivity contribution is -0.142. The molecule has 0 atom stereocenters. The predicted octanol–water partition coefficient (Wildman–Crippen LogP) is 1.24. The molecule has 0 heterocycles. The van der Waals surface area contributed by atoms with Crippen LogP contribution < -0.4 is 0 Å². The van der Waals surface area contributed by atoms with Gasteiger partial charge in [-0.1, -0.05) is 18.0 Å². The third-order valence-electron chi connectivity index (χ3n) is 1.42. The summed E-state index contributed by atoms with van der Waals surface area (Å²) in [6.07, 6.45) is 2.57. The number of carboxylic acids is 1. The highest BCUT2D eigenvalue weighted by Crippen LogP contribution is 1.96. The summed E-state index contributed by atoms with van der Waals surface area (Å²) in [6.45, 7) is 3.68. The molecule has 0 spiro atoms. The molecule has 0 aliphatic heterocycles. The van der Waals surface area contributed by atoms with E-state index >= 15 is 0 Å². The quantitative estimate of drug-likeness (QED) is 0.286. The van der Waals surface area contributed by atoms with Crippen LogP contribution in [0, 0.1) is 0 Å². The molecule has 0 rings (SSSR count). The Morgan fingerprint density at radius 3 is 2.73 bits per heavy atom. The van der Waals surface area contributed by atoms with Crippen molar-refractivity contribution < 1.29 is 19.4 Å². The summed E-state index contributed by atoms with van der Waals surface area (Å²) >= 11 is 0.978. The van der Waals surface area contributed by atoms with Crippen molar-refractivity contribution in [2.75, 3.05) is 12.4 Å². The standard InChI is InChI=1S/C10H16O4S/c1-2-6-14-10(13)5-8-15-7-3-4-9(11)12/h2,7,15H,1,3-6,8H2,(H,11,12). The van der Waals surface area contributed by atoms with E-state index < -0.39 is 5.97 Å². The summed E-state index contributed by atoms with van der Waals surface area (Å²) < 4.78 is 4.77. The minimum Gasteiger partial charge on any atom is -0.481 e. The Labute approximate surface area is 92.9 Å². The fourth-order valence-electron chi connectivity index (χ4n) is 0.750. The number of carbonyl (C=O) groups excluding carboxylic acids is 1. The lowest BCUT2D eigenvalue weighted by Crippen LogP contribution is -2.04. The van der Waals surface area contributed by atoms with Crippen LogP contribution in [-0.4, -0.2) is 34.8 Å². The Morgan fingerprint density at radius 2 is 2.13 bits per heavy atom. The maximum Gasteiger partial charge on any atom is 0.306 e. The minimum atomic E-state index is -0.799. The first-order valence-electron chi connectivity index (χ1n) is 4.63. The van der Waals surface area contributed by atoms with Crippen LogP contribution in [0.4, 0.5) is 0 Å². The third kappa shape index (κ3) is 10.8. The van der Waals surface area contributed by atoms with Gasteiger partial charge in [-0.05, 0) is 12.2 Å². The molecule has 0 aromatic heterocycles. The zero-order valence-corrected chi connectivity index (χ0v) is 9.41. The van der Waals surface area contributed by atoms with Crippen molar-refractivity contribution in [2.24, 2.45) is 0 Å². The van der Waals surface area contributed by atoms with Crippen molar-refractivity contribution in [1.29, 1.82) is 0 Å². The molecular formula is C10H16O4S. The second-order valence-corrected chi connectivity index (χ2v) is 3.92. The highest BCUT2D eigenvalue weighted by Gasteiger charge is 1.98. The summed E-state index contributed by atoms with van der Waals surface area (Å²) in [4.78, 5) is 21.1. The largest absolute Gasteiger partial charge is 0.481 e. The van der Waals surface area contributed by atoms with E-state index in [1.165, 1.54) is 6.08 Å². The number of esters is 1. The highest BCUT2D eigenvalue weighted by molar-refractivity contribution is 7.97. The zero-order valence-electron chi connectivity index (χ0n) is 8.52. The van der Waals surface area contributed by atoms with Gasteiger partial charge < -0.3 is 9.84 Å². The molecule has 0 radical (unpaired) electrons. The van der Waals surface area contributed by atoms with Gasteiger partial charge in [-0.15, -0.1) is 0 Å². The van der Waals surface area contributed by atoms with Crippen LogP contribution in [0.1, 0.15) is 19.3 Å². The normalized spacial score (nSPS) is 10.7. The summed E-state index contributed by atoms with van der Waals surface area (Å²) in [5.41, 5.74) is 0. The molecular weight excluding hydrogens is 216 g/mol. The van der Waals surface area contributed by atoms with Gasteiger partial charge in [-0.2, -0.15) is 0 Å². The number of carbonyl (C=O) groups is 2. The van der Waals surface area contributed by atoms with Gasteiger partial charge in [0.05, 0.1) is 6.42 Å². The molecule has 1 N–H and O–H groups in total. The van der Waals surface area contributed by atoms with E-state index in [1.54, 1.807) is 0 Å². The van der Waals surface area contributed by atoms with Crippen molar-refractivity contribution in [2.45, 2.75) is 19.3 Å². The molecule has 0 aromatic rings. The molecule has 0 saturated carbocycles. The number of aliphatic carboxylic acids is 1. The van der Waals surface area contributed by atoms with Crippen molar-refractivity contribution in [3.8, 4) is 0 Å². The summed E-state index contributed by atoms with van der Waals surface area (Å²) in [5.74, 6) is -0.365. The molecule has 0 amide bonds. The van der Waals surface area contributed by atoms with Crippen molar-refractivity contribution in [3.05, 3.63) is 12.7 Å². The fourth-order valence-corrected chi connectivity index (χ4v) is 1.56. The smallest absolute Gasteiger partial charge is 0.306 e. The molecule has 0 aliphatic rings. The van der Waals surface area contributed by atoms with Crippen LogP contribution in [0.2, 0.25) is 0 Å². The van der Waals surface area contributed by atoms with E-state index in [-0.39, 0.29) is 19.0 Å². The first kappa shape index (κ1) is 13.9. The van der Waals surface area contributed by atoms with E-state index in [4.69, 9.17) is 9.84 Å². The molecule has 0 saturated heterocycles. The molecule has 0 unspecified atom stereocenters. The molecule has 0 aliphatic carbocycles. The Bertz CT molecular complexity index is 248. The molecule has 0 bridgehead atoms. The Hall–Kier alpha value is -1.10. The number of rotatable bonds is 8. The van der Waals surface area contributed by atoms with Crippen molar-refractivity contribution >= 4 is 28.7 Å². The second-order valence-electron chi connectivity index (χ2n) is 2.74. The van der Waals surface area contributed by atoms with Gasteiger partial charge in [0, 0.05) is 6.42 Å². The summed E-state index contributed by atoms with van der Waals surface area (Å²) in [7, 11) is 0. The Balaban J connectivity index is 3.39. The van der Waals surface area contributed by atoms with Crippen LogP contribution in [0.3, 0.4) is 0 Å². The van der Waals surface area contributed by atoms with Crippen LogP contribution in [0.5, 0.6) is 0 Å². The van der Waals surface area contributed by atoms with Gasteiger partial charge in [0.25, 0.3) is 0 Å². The summed E-state index contributed by atoms with van der Waals surface area (Å²) in [6, 6.07) is 0. The molecule has 15 heavy (non-hydrogen) atoms. The second kappa shape index (κ2) is 9.45. The van der Waals surface area contributed by atoms with Gasteiger partial charge in [-0.3, -0.25) is 9.59 Å². The van der Waals surface area contributed by atoms with Crippen molar-refractivity contribution in [1.82, 2.24) is 0 Å². The fraction of sp³-hybridized carbons (Fsp3) is 0.500. The van der Waals surface area contributed by atoms with Crippen LogP contribution in [0.15, 0.2) is 12.7 Å². The van der Waals surface area contributed by atoms with E-state index in [0.29, 0.717) is 18.6 Å². The third-order valence-corrected chi connectivity index (χ3v) is 2.42. The first-order valence-corrected chi connectivity index (χ1v) is 5.78. The lowest BCUT2D eigenvalue weighted by Gasteiger charge is -1.98. The first-order chi connectivity index (χ1) is 7.16.